The molecule has 0 fully saturated rings. The highest BCUT2D eigenvalue weighted by atomic mass is 16.6. The van der Waals surface area contributed by atoms with Crippen molar-refractivity contribution >= 4 is 17.5 Å². The quantitative estimate of drug-likeness (QED) is 0.591. The number of nitrogens with one attached hydrogen (secondary N) is 3. The summed E-state index contributed by atoms with van der Waals surface area (Å²) in [6.45, 7) is 6.18. The molecule has 1 aromatic carbocycles. The first kappa shape index (κ1) is 20.8. The summed E-state index contributed by atoms with van der Waals surface area (Å²) in [5.74, 6) is 0.611. The van der Waals surface area contributed by atoms with Gasteiger partial charge < -0.3 is 25.4 Å². The van der Waals surface area contributed by atoms with Crippen molar-refractivity contribution in [2.24, 2.45) is 0 Å². The average molecular weight is 399 g/mol. The Morgan fingerprint density at radius 2 is 1.93 bits per heavy atom. The predicted molar refractivity (Wildman–Crippen MR) is 115 cm³/mol. The highest BCUT2D eigenvalue weighted by Gasteiger charge is 2.23. The van der Waals surface area contributed by atoms with E-state index in [4.69, 9.17) is 9.47 Å². The molecule has 7 nitrogen and oxygen atoms in total. The second-order valence-corrected chi connectivity index (χ2v) is 8.05. The van der Waals surface area contributed by atoms with Crippen molar-refractivity contribution < 1.29 is 14.3 Å². The van der Waals surface area contributed by atoms with Crippen molar-refractivity contribution in [2.45, 2.75) is 51.8 Å². The van der Waals surface area contributed by atoms with E-state index < -0.39 is 5.60 Å². The van der Waals surface area contributed by atoms with Crippen LogP contribution in [0.5, 0.6) is 5.88 Å². The Bertz CT molecular complexity index is 848. The van der Waals surface area contributed by atoms with Gasteiger partial charge in [0.25, 0.3) is 0 Å². The van der Waals surface area contributed by atoms with Gasteiger partial charge in [-0.2, -0.15) is 0 Å². The van der Waals surface area contributed by atoms with Gasteiger partial charge in [0, 0.05) is 23.9 Å². The van der Waals surface area contributed by atoms with Crippen molar-refractivity contribution in [3.8, 4) is 17.0 Å². The Kier molecular flexibility index (Phi) is 6.46. The number of methoxy groups -OCH3 is 1. The summed E-state index contributed by atoms with van der Waals surface area (Å²) in [4.78, 5) is 16.0. The van der Waals surface area contributed by atoms with E-state index in [9.17, 15) is 4.79 Å². The van der Waals surface area contributed by atoms with E-state index in [0.717, 1.165) is 41.8 Å². The van der Waals surface area contributed by atoms with Crippen LogP contribution in [-0.4, -0.2) is 36.5 Å². The minimum absolute atomic E-state index is 0.148. The van der Waals surface area contributed by atoms with Crippen LogP contribution < -0.4 is 20.7 Å². The molecule has 1 aliphatic heterocycles. The number of amides is 1. The second-order valence-electron chi connectivity index (χ2n) is 8.05. The molecule has 0 saturated heterocycles. The molecule has 29 heavy (non-hydrogen) atoms. The maximum absolute atomic E-state index is 11.7. The van der Waals surface area contributed by atoms with Gasteiger partial charge >= 0.3 is 6.09 Å². The lowest BCUT2D eigenvalue weighted by Crippen LogP contribution is -2.33. The topological polar surface area (TPSA) is 84.5 Å². The van der Waals surface area contributed by atoms with Crippen LogP contribution in [0.15, 0.2) is 36.5 Å². The second kappa shape index (κ2) is 9.03. The maximum atomic E-state index is 11.7. The standard InChI is InChI=1S/C22H30N4O3/c1-22(2,3)29-21(27)24-13-6-5-12-18-25-17-11-7-9-15(19(17)26-18)16-10-8-14-23-20(16)28-4/h7-11,14,18,25-26H,5-6,12-13H2,1-4H3,(H,24,27). The number of anilines is 2. The fraction of sp³-hybridized carbons (Fsp3) is 0.455. The summed E-state index contributed by atoms with van der Waals surface area (Å²) in [6.07, 6.45) is 4.31. The van der Waals surface area contributed by atoms with Crippen LogP contribution in [0.4, 0.5) is 16.2 Å². The summed E-state index contributed by atoms with van der Waals surface area (Å²) in [7, 11) is 1.63. The number of carbonyl (C=O) groups excluding carboxylic acids is 1. The highest BCUT2D eigenvalue weighted by molar-refractivity contribution is 5.91. The molecular weight excluding hydrogens is 368 g/mol. The van der Waals surface area contributed by atoms with E-state index in [1.54, 1.807) is 13.3 Å². The molecule has 3 rings (SSSR count). The number of rotatable bonds is 7. The molecule has 0 spiro atoms. The summed E-state index contributed by atoms with van der Waals surface area (Å²) >= 11 is 0. The van der Waals surface area contributed by atoms with Crippen LogP contribution in [0.1, 0.15) is 40.0 Å². The van der Waals surface area contributed by atoms with Crippen LogP contribution in [0.3, 0.4) is 0 Å². The highest BCUT2D eigenvalue weighted by Crippen LogP contribution is 2.41. The molecule has 1 aliphatic rings. The molecule has 1 amide bonds. The third-order valence-corrected chi connectivity index (χ3v) is 4.56. The first-order valence-electron chi connectivity index (χ1n) is 10.00. The number of unbranched alkanes of at least 4 members (excludes halogenated alkanes) is 1. The molecular formula is C22H30N4O3. The fourth-order valence-electron chi connectivity index (χ4n) is 3.33. The number of alkyl carbamates (subject to hydrolysis) is 1. The van der Waals surface area contributed by atoms with Gasteiger partial charge in [-0.25, -0.2) is 9.78 Å². The predicted octanol–water partition coefficient (Wildman–Crippen LogP) is 4.62. The minimum Gasteiger partial charge on any atom is -0.481 e. The average Bonchev–Trinajstić information content (AvgIpc) is 3.09. The minimum atomic E-state index is -0.470. The summed E-state index contributed by atoms with van der Waals surface area (Å²) in [6, 6.07) is 10.1. The van der Waals surface area contributed by atoms with Gasteiger partial charge in [-0.15, -0.1) is 0 Å². The Balaban J connectivity index is 1.52. The Morgan fingerprint density at radius 1 is 1.14 bits per heavy atom. The largest absolute Gasteiger partial charge is 0.481 e. The van der Waals surface area contributed by atoms with Gasteiger partial charge in [-0.3, -0.25) is 0 Å². The molecule has 0 saturated carbocycles. The van der Waals surface area contributed by atoms with E-state index in [-0.39, 0.29) is 12.3 Å². The lowest BCUT2D eigenvalue weighted by Gasteiger charge is -2.19. The SMILES string of the molecule is COc1ncccc1-c1cccc2c1NC(CCCCNC(=O)OC(C)(C)C)N2. The molecule has 2 heterocycles. The molecule has 1 unspecified atom stereocenters. The van der Waals surface area contributed by atoms with Crippen molar-refractivity contribution in [1.29, 1.82) is 0 Å². The lowest BCUT2D eigenvalue weighted by molar-refractivity contribution is 0.0527. The Hall–Kier alpha value is -2.96. The Morgan fingerprint density at radius 3 is 2.69 bits per heavy atom. The van der Waals surface area contributed by atoms with E-state index in [0.29, 0.717) is 12.4 Å². The Labute approximate surface area is 172 Å². The van der Waals surface area contributed by atoms with Crippen molar-refractivity contribution in [2.75, 3.05) is 24.3 Å². The van der Waals surface area contributed by atoms with Crippen molar-refractivity contribution in [3.63, 3.8) is 0 Å². The number of benzene rings is 1. The molecule has 1 aromatic heterocycles. The summed E-state index contributed by atoms with van der Waals surface area (Å²) in [5, 5.41) is 9.91. The number of nitrogens with zero attached hydrogens (tertiary/aromatic N) is 1. The molecule has 1 atom stereocenters. The van der Waals surface area contributed by atoms with Gasteiger partial charge in [0.2, 0.25) is 5.88 Å². The smallest absolute Gasteiger partial charge is 0.407 e. The lowest BCUT2D eigenvalue weighted by atomic mass is 10.0. The first-order chi connectivity index (χ1) is 13.9. The number of fused-ring (bicyclic) bond motifs is 1. The monoisotopic (exact) mass is 398 g/mol. The van der Waals surface area contributed by atoms with Gasteiger partial charge in [0.1, 0.15) is 5.60 Å². The number of hydrogen-bond donors (Lipinski definition) is 3. The third kappa shape index (κ3) is 5.53. The van der Waals surface area contributed by atoms with E-state index in [1.165, 1.54) is 0 Å². The zero-order valence-electron chi connectivity index (χ0n) is 17.5. The number of para-hydroxylation sites is 1. The zero-order valence-corrected chi connectivity index (χ0v) is 17.5. The van der Waals surface area contributed by atoms with Crippen LogP contribution in [-0.2, 0) is 4.74 Å². The van der Waals surface area contributed by atoms with Crippen LogP contribution in [0.25, 0.3) is 11.1 Å². The maximum Gasteiger partial charge on any atom is 0.407 e. The molecule has 0 aliphatic carbocycles. The normalized spacial score (nSPS) is 15.1. The molecule has 156 valence electrons. The molecule has 2 aromatic rings. The van der Waals surface area contributed by atoms with Gasteiger partial charge in [-0.1, -0.05) is 12.1 Å². The van der Waals surface area contributed by atoms with Crippen LogP contribution in [0.2, 0.25) is 0 Å². The molecule has 0 bridgehead atoms. The van der Waals surface area contributed by atoms with Gasteiger partial charge in [-0.05, 0) is 58.2 Å². The fourth-order valence-corrected chi connectivity index (χ4v) is 3.33. The van der Waals surface area contributed by atoms with Crippen molar-refractivity contribution in [3.05, 3.63) is 36.5 Å². The van der Waals surface area contributed by atoms with Crippen LogP contribution in [0, 0.1) is 0 Å². The van der Waals surface area contributed by atoms with Crippen LogP contribution >= 0.6 is 0 Å². The summed E-state index contributed by atoms with van der Waals surface area (Å²) in [5.41, 5.74) is 3.70. The zero-order chi connectivity index (χ0) is 20.9. The molecule has 0 radical (unpaired) electrons. The van der Waals surface area contributed by atoms with Gasteiger partial charge in [0.05, 0.1) is 24.7 Å². The third-order valence-electron chi connectivity index (χ3n) is 4.56. The number of ether oxygens (including phenoxy) is 2. The molecule has 7 heteroatoms. The van der Waals surface area contributed by atoms with Crippen molar-refractivity contribution in [1.82, 2.24) is 10.3 Å². The van der Waals surface area contributed by atoms with E-state index >= 15 is 0 Å². The molecule has 3 N–H and O–H groups in total. The number of pyridine rings is 1. The number of hydrogen-bond acceptors (Lipinski definition) is 6. The van der Waals surface area contributed by atoms with Gasteiger partial charge in [0.15, 0.2) is 0 Å². The van der Waals surface area contributed by atoms with E-state index in [2.05, 4.69) is 33.1 Å². The number of aromatic nitrogens is 1. The van der Waals surface area contributed by atoms with E-state index in [1.807, 2.05) is 39.0 Å². The first-order valence-corrected chi connectivity index (χ1v) is 10.00. The number of carbonyl (C=O) groups is 1. The summed E-state index contributed by atoms with van der Waals surface area (Å²) < 4.78 is 10.7.